The zero-order valence-electron chi connectivity index (χ0n) is 16.9. The highest BCUT2D eigenvalue weighted by atomic mass is 32.1. The number of anilines is 1. The summed E-state index contributed by atoms with van der Waals surface area (Å²) in [6.07, 6.45) is 8.80. The van der Waals surface area contributed by atoms with E-state index in [0.29, 0.717) is 12.5 Å². The molecular weight excluding hydrogens is 396 g/mol. The average Bonchev–Trinajstić information content (AvgIpc) is 3.53. The van der Waals surface area contributed by atoms with E-state index in [-0.39, 0.29) is 0 Å². The third-order valence-electron chi connectivity index (χ3n) is 5.79. The van der Waals surface area contributed by atoms with Crippen LogP contribution in [0.1, 0.15) is 24.4 Å². The van der Waals surface area contributed by atoms with Gasteiger partial charge in [0.25, 0.3) is 0 Å². The molecule has 0 aromatic carbocycles. The van der Waals surface area contributed by atoms with E-state index in [1.807, 2.05) is 42.0 Å². The summed E-state index contributed by atoms with van der Waals surface area (Å²) in [6.45, 7) is 4.97. The zero-order chi connectivity index (χ0) is 20.2. The second-order valence-electron chi connectivity index (χ2n) is 7.79. The van der Waals surface area contributed by atoms with Gasteiger partial charge in [-0.3, -0.25) is 0 Å². The summed E-state index contributed by atoms with van der Waals surface area (Å²) in [5.74, 6) is 2.70. The molecule has 5 rings (SSSR count). The summed E-state index contributed by atoms with van der Waals surface area (Å²) in [4.78, 5) is 16.3. The second kappa shape index (κ2) is 8.97. The Hall–Kier alpha value is -2.71. The van der Waals surface area contributed by atoms with E-state index in [4.69, 9.17) is 9.40 Å². The van der Waals surface area contributed by atoms with Crippen molar-refractivity contribution in [3.63, 3.8) is 0 Å². The summed E-state index contributed by atoms with van der Waals surface area (Å²) < 4.78 is 7.81. The third-order valence-corrected chi connectivity index (χ3v) is 6.52. The summed E-state index contributed by atoms with van der Waals surface area (Å²) in [5, 5.41) is 6.41. The minimum atomic E-state index is 0.653. The van der Waals surface area contributed by atoms with Crippen molar-refractivity contribution in [3.8, 4) is 0 Å². The average molecular weight is 423 g/mol. The van der Waals surface area contributed by atoms with Gasteiger partial charge in [-0.05, 0) is 56.1 Å². The van der Waals surface area contributed by atoms with Crippen molar-refractivity contribution in [2.75, 3.05) is 31.5 Å². The van der Waals surface area contributed by atoms with Crippen LogP contribution in [0.4, 0.5) is 5.13 Å². The lowest BCUT2D eigenvalue weighted by Crippen LogP contribution is -2.37. The molecule has 4 aromatic heterocycles. The van der Waals surface area contributed by atoms with E-state index in [1.54, 1.807) is 17.6 Å². The van der Waals surface area contributed by atoms with Gasteiger partial charge < -0.3 is 19.2 Å². The van der Waals surface area contributed by atoms with Crippen LogP contribution in [0.2, 0.25) is 0 Å². The van der Waals surface area contributed by atoms with Crippen LogP contribution in [0.15, 0.2) is 52.7 Å². The highest BCUT2D eigenvalue weighted by Gasteiger charge is 2.22. The number of fused-ring (bicyclic) bond motifs is 1. The molecule has 0 aliphatic carbocycles. The number of nitrogens with one attached hydrogen (secondary N) is 1. The molecule has 0 bridgehead atoms. The smallest absolute Gasteiger partial charge is 0.182 e. The molecule has 7 nitrogen and oxygen atoms in total. The van der Waals surface area contributed by atoms with Crippen LogP contribution in [0.3, 0.4) is 0 Å². The Morgan fingerprint density at radius 3 is 2.87 bits per heavy atom. The van der Waals surface area contributed by atoms with Gasteiger partial charge in [0, 0.05) is 37.3 Å². The number of hydrogen-bond acceptors (Lipinski definition) is 7. The van der Waals surface area contributed by atoms with Gasteiger partial charge in [0.2, 0.25) is 0 Å². The lowest BCUT2D eigenvalue weighted by molar-refractivity contribution is 0.188. The molecule has 1 fully saturated rings. The van der Waals surface area contributed by atoms with Crippen molar-refractivity contribution < 1.29 is 4.42 Å². The molecule has 0 amide bonds. The first kappa shape index (κ1) is 19.3. The molecule has 1 aliphatic rings. The maximum Gasteiger partial charge on any atom is 0.182 e. The van der Waals surface area contributed by atoms with Crippen molar-refractivity contribution in [2.24, 2.45) is 5.92 Å². The highest BCUT2D eigenvalue weighted by Crippen LogP contribution is 2.24. The summed E-state index contributed by atoms with van der Waals surface area (Å²) in [7, 11) is 0. The molecule has 0 unspecified atom stereocenters. The van der Waals surface area contributed by atoms with Crippen molar-refractivity contribution >= 4 is 27.6 Å². The van der Waals surface area contributed by atoms with Crippen molar-refractivity contribution in [1.82, 2.24) is 24.4 Å². The molecule has 8 heteroatoms. The lowest BCUT2D eigenvalue weighted by atomic mass is 9.93. The molecule has 1 saturated heterocycles. The minimum Gasteiger partial charge on any atom is -0.467 e. The largest absolute Gasteiger partial charge is 0.467 e. The highest BCUT2D eigenvalue weighted by molar-refractivity contribution is 7.13. The first-order valence-electron chi connectivity index (χ1n) is 10.5. The van der Waals surface area contributed by atoms with Gasteiger partial charge in [0.1, 0.15) is 17.1 Å². The molecular formula is C22H26N6OS. The molecule has 4 aromatic rings. The fourth-order valence-corrected chi connectivity index (χ4v) is 4.75. The Morgan fingerprint density at radius 1 is 1.13 bits per heavy atom. The Bertz CT molecular complexity index is 1050. The molecule has 30 heavy (non-hydrogen) atoms. The van der Waals surface area contributed by atoms with E-state index in [0.717, 1.165) is 60.5 Å². The maximum absolute atomic E-state index is 5.59. The molecule has 1 aliphatic heterocycles. The van der Waals surface area contributed by atoms with Crippen LogP contribution >= 0.6 is 11.3 Å². The van der Waals surface area contributed by atoms with Gasteiger partial charge in [0.15, 0.2) is 10.8 Å². The molecule has 0 spiro atoms. The van der Waals surface area contributed by atoms with E-state index in [2.05, 4.69) is 24.8 Å². The Kier molecular flexibility index (Phi) is 5.76. The number of nitrogens with zero attached hydrogens (tertiary/aromatic N) is 5. The predicted molar refractivity (Wildman–Crippen MR) is 119 cm³/mol. The molecule has 5 heterocycles. The lowest BCUT2D eigenvalue weighted by Gasteiger charge is -2.31. The van der Waals surface area contributed by atoms with Gasteiger partial charge in [-0.15, -0.1) is 11.3 Å². The van der Waals surface area contributed by atoms with Gasteiger partial charge in [-0.2, -0.15) is 0 Å². The number of aromatic nitrogens is 4. The fourth-order valence-electron chi connectivity index (χ4n) is 4.19. The van der Waals surface area contributed by atoms with E-state index in [9.17, 15) is 0 Å². The standard InChI is InChI=1S/C22H26N6OS/c1-4-19-21(23-7-1)28(16-18-3-2-13-29-18)20(26-19)15-17-5-10-27(11-6-17)12-8-24-22-25-9-14-30-22/h1-4,7,9,13-14,17H,5-6,8,10-12,15-16H2,(H,24,25). The van der Waals surface area contributed by atoms with Crippen LogP contribution in [0.5, 0.6) is 0 Å². The number of furan rings is 1. The van der Waals surface area contributed by atoms with E-state index < -0.39 is 0 Å². The molecule has 1 N–H and O–H groups in total. The van der Waals surface area contributed by atoms with Gasteiger partial charge in [0.05, 0.1) is 12.8 Å². The van der Waals surface area contributed by atoms with Gasteiger partial charge >= 0.3 is 0 Å². The Balaban J connectivity index is 1.20. The van der Waals surface area contributed by atoms with Crippen molar-refractivity contribution in [2.45, 2.75) is 25.8 Å². The summed E-state index contributed by atoms with van der Waals surface area (Å²) >= 11 is 1.65. The van der Waals surface area contributed by atoms with Crippen molar-refractivity contribution in [1.29, 1.82) is 0 Å². The Morgan fingerprint density at radius 2 is 2.07 bits per heavy atom. The van der Waals surface area contributed by atoms with E-state index in [1.165, 1.54) is 12.8 Å². The monoisotopic (exact) mass is 422 g/mol. The van der Waals surface area contributed by atoms with Gasteiger partial charge in [-0.25, -0.2) is 15.0 Å². The third kappa shape index (κ3) is 4.39. The fraction of sp³-hybridized carbons (Fsp3) is 0.409. The normalized spacial score (nSPS) is 15.7. The van der Waals surface area contributed by atoms with Crippen LogP contribution in [0.25, 0.3) is 11.2 Å². The molecule has 0 atom stereocenters. The quantitative estimate of drug-likeness (QED) is 0.464. The number of piperidine rings is 1. The minimum absolute atomic E-state index is 0.653. The van der Waals surface area contributed by atoms with Crippen LogP contribution in [-0.2, 0) is 13.0 Å². The molecule has 0 saturated carbocycles. The number of likely N-dealkylation sites (tertiary alicyclic amines) is 1. The number of rotatable bonds is 8. The first-order chi connectivity index (χ1) is 14.8. The number of hydrogen-bond donors (Lipinski definition) is 1. The predicted octanol–water partition coefficient (Wildman–Crippen LogP) is 3.90. The summed E-state index contributed by atoms with van der Waals surface area (Å²) in [6, 6.07) is 7.94. The zero-order valence-corrected chi connectivity index (χ0v) is 17.7. The molecule has 0 radical (unpaired) electrons. The van der Waals surface area contributed by atoms with E-state index >= 15 is 0 Å². The summed E-state index contributed by atoms with van der Waals surface area (Å²) in [5.41, 5.74) is 1.90. The SMILES string of the molecule is c1coc(Cn2c(CC3CCN(CCNc4nccs4)CC3)nc3cccnc32)c1. The van der Waals surface area contributed by atoms with Crippen LogP contribution in [-0.4, -0.2) is 50.6 Å². The number of imidazole rings is 1. The second-order valence-corrected chi connectivity index (χ2v) is 8.69. The topological polar surface area (TPSA) is 72.0 Å². The Labute approximate surface area is 179 Å². The first-order valence-corrected chi connectivity index (χ1v) is 11.4. The van der Waals surface area contributed by atoms with Crippen LogP contribution in [0, 0.1) is 5.92 Å². The van der Waals surface area contributed by atoms with Crippen molar-refractivity contribution in [3.05, 3.63) is 59.9 Å². The molecule has 156 valence electrons. The number of thiazole rings is 1. The maximum atomic E-state index is 5.59. The van der Waals surface area contributed by atoms with Crippen LogP contribution < -0.4 is 5.32 Å². The van der Waals surface area contributed by atoms with Gasteiger partial charge in [-0.1, -0.05) is 0 Å². The number of pyridine rings is 1.